The highest BCUT2D eigenvalue weighted by Crippen LogP contribution is 2.24. The predicted octanol–water partition coefficient (Wildman–Crippen LogP) is 3.95. The average molecular weight is 348 g/mol. The van der Waals surface area contributed by atoms with Crippen LogP contribution in [0.2, 0.25) is 0 Å². The average Bonchev–Trinajstić information content (AvgIpc) is 2.62. The number of aryl methyl sites for hydroxylation is 2. The molecule has 102 valence electrons. The van der Waals surface area contributed by atoms with Crippen LogP contribution in [0, 0.1) is 12.7 Å². The summed E-state index contributed by atoms with van der Waals surface area (Å²) in [5.41, 5.74) is 2.46. The number of hydrogen-bond donors (Lipinski definition) is 0. The SMILES string of the molecule is Cc1nn(C)c(COc2ccc(CCl)cc2F)c1Br. The Morgan fingerprint density at radius 3 is 2.74 bits per heavy atom. The second-order valence-corrected chi connectivity index (χ2v) is 5.22. The van der Waals surface area contributed by atoms with Crippen LogP contribution in [0.3, 0.4) is 0 Å². The van der Waals surface area contributed by atoms with Crippen molar-refractivity contribution in [1.29, 1.82) is 0 Å². The van der Waals surface area contributed by atoms with E-state index in [1.807, 2.05) is 14.0 Å². The molecule has 0 saturated carbocycles. The van der Waals surface area contributed by atoms with E-state index in [2.05, 4.69) is 21.0 Å². The van der Waals surface area contributed by atoms with Gasteiger partial charge in [0.15, 0.2) is 11.6 Å². The first-order valence-corrected chi connectivity index (χ1v) is 7.01. The molecule has 0 aliphatic rings. The molecule has 0 N–H and O–H groups in total. The minimum absolute atomic E-state index is 0.208. The second-order valence-electron chi connectivity index (χ2n) is 4.16. The molecule has 0 radical (unpaired) electrons. The van der Waals surface area contributed by atoms with Gasteiger partial charge in [-0.3, -0.25) is 4.68 Å². The van der Waals surface area contributed by atoms with E-state index < -0.39 is 5.82 Å². The van der Waals surface area contributed by atoms with Gasteiger partial charge in [-0.25, -0.2) is 4.39 Å². The van der Waals surface area contributed by atoms with E-state index in [9.17, 15) is 4.39 Å². The van der Waals surface area contributed by atoms with E-state index >= 15 is 0 Å². The number of alkyl halides is 1. The lowest BCUT2D eigenvalue weighted by Gasteiger charge is -2.08. The minimum atomic E-state index is -0.409. The number of ether oxygens (including phenoxy) is 1. The molecule has 0 atom stereocenters. The van der Waals surface area contributed by atoms with Gasteiger partial charge in [-0.15, -0.1) is 11.6 Å². The molecular weight excluding hydrogens is 335 g/mol. The van der Waals surface area contributed by atoms with Crippen LogP contribution in [-0.2, 0) is 19.5 Å². The van der Waals surface area contributed by atoms with Crippen LogP contribution in [0.15, 0.2) is 22.7 Å². The van der Waals surface area contributed by atoms with Crippen LogP contribution in [0.4, 0.5) is 4.39 Å². The maximum Gasteiger partial charge on any atom is 0.165 e. The van der Waals surface area contributed by atoms with Crippen molar-refractivity contribution in [2.75, 3.05) is 0 Å². The fourth-order valence-corrected chi connectivity index (χ4v) is 2.34. The molecule has 0 saturated heterocycles. The Kier molecular flexibility index (Phi) is 4.47. The van der Waals surface area contributed by atoms with Crippen molar-refractivity contribution >= 4 is 27.5 Å². The molecule has 3 nitrogen and oxygen atoms in total. The smallest absolute Gasteiger partial charge is 0.165 e. The summed E-state index contributed by atoms with van der Waals surface area (Å²) in [4.78, 5) is 0. The van der Waals surface area contributed by atoms with Crippen LogP contribution < -0.4 is 4.74 Å². The standard InChI is InChI=1S/C13H13BrClFN2O/c1-8-13(14)11(18(2)17-8)7-19-12-4-3-9(6-15)5-10(12)16/h3-5H,6-7H2,1-2H3. The summed E-state index contributed by atoms with van der Waals surface area (Å²) >= 11 is 9.08. The van der Waals surface area contributed by atoms with Crippen molar-refractivity contribution < 1.29 is 9.13 Å². The van der Waals surface area contributed by atoms with Crippen molar-refractivity contribution in [2.45, 2.75) is 19.4 Å². The highest BCUT2D eigenvalue weighted by Gasteiger charge is 2.12. The molecule has 0 unspecified atom stereocenters. The molecule has 0 spiro atoms. The van der Waals surface area contributed by atoms with E-state index in [1.165, 1.54) is 6.07 Å². The fraction of sp³-hybridized carbons (Fsp3) is 0.308. The Labute approximate surface area is 124 Å². The zero-order chi connectivity index (χ0) is 14.0. The van der Waals surface area contributed by atoms with Crippen molar-refractivity contribution in [3.8, 4) is 5.75 Å². The molecule has 0 aliphatic heterocycles. The Balaban J connectivity index is 2.14. The topological polar surface area (TPSA) is 27.1 Å². The highest BCUT2D eigenvalue weighted by atomic mass is 79.9. The van der Waals surface area contributed by atoms with Gasteiger partial charge in [0.2, 0.25) is 0 Å². The van der Waals surface area contributed by atoms with Crippen LogP contribution in [-0.4, -0.2) is 9.78 Å². The molecule has 1 aromatic heterocycles. The summed E-state index contributed by atoms with van der Waals surface area (Å²) in [6.07, 6.45) is 0. The van der Waals surface area contributed by atoms with E-state index in [1.54, 1.807) is 16.8 Å². The molecular formula is C13H13BrClFN2O. The lowest BCUT2D eigenvalue weighted by Crippen LogP contribution is -2.04. The zero-order valence-corrected chi connectivity index (χ0v) is 12.9. The lowest BCUT2D eigenvalue weighted by atomic mass is 10.2. The number of nitrogens with zero attached hydrogens (tertiary/aromatic N) is 2. The minimum Gasteiger partial charge on any atom is -0.484 e. The Morgan fingerprint density at radius 1 is 1.47 bits per heavy atom. The maximum atomic E-state index is 13.7. The molecule has 0 bridgehead atoms. The maximum absolute atomic E-state index is 13.7. The first kappa shape index (κ1) is 14.3. The Morgan fingerprint density at radius 2 is 2.21 bits per heavy atom. The molecule has 0 amide bonds. The van der Waals surface area contributed by atoms with Gasteiger partial charge in [0, 0.05) is 12.9 Å². The summed E-state index contributed by atoms with van der Waals surface area (Å²) < 4.78 is 21.8. The molecule has 19 heavy (non-hydrogen) atoms. The number of benzene rings is 1. The first-order chi connectivity index (χ1) is 9.02. The second kappa shape index (κ2) is 5.92. The molecule has 6 heteroatoms. The van der Waals surface area contributed by atoms with E-state index in [0.29, 0.717) is 0 Å². The van der Waals surface area contributed by atoms with Crippen LogP contribution in [0.5, 0.6) is 5.75 Å². The van der Waals surface area contributed by atoms with Gasteiger partial charge >= 0.3 is 0 Å². The molecule has 2 rings (SSSR count). The first-order valence-electron chi connectivity index (χ1n) is 5.68. The van der Waals surface area contributed by atoms with Crippen LogP contribution in [0.1, 0.15) is 17.0 Å². The van der Waals surface area contributed by atoms with Crippen molar-refractivity contribution in [3.63, 3.8) is 0 Å². The van der Waals surface area contributed by atoms with Gasteiger partial charge in [-0.2, -0.15) is 5.10 Å². The van der Waals surface area contributed by atoms with Gasteiger partial charge < -0.3 is 4.74 Å². The van der Waals surface area contributed by atoms with Gasteiger partial charge in [0.1, 0.15) is 6.61 Å². The number of halogens is 3. The largest absolute Gasteiger partial charge is 0.484 e. The third-order valence-corrected chi connectivity index (χ3v) is 4.12. The quantitative estimate of drug-likeness (QED) is 0.783. The van der Waals surface area contributed by atoms with E-state index in [-0.39, 0.29) is 18.2 Å². The predicted molar refractivity (Wildman–Crippen MR) is 75.9 cm³/mol. The summed E-state index contributed by atoms with van der Waals surface area (Å²) in [7, 11) is 1.82. The number of aromatic nitrogens is 2. The van der Waals surface area contributed by atoms with E-state index in [0.717, 1.165) is 21.4 Å². The van der Waals surface area contributed by atoms with E-state index in [4.69, 9.17) is 16.3 Å². The van der Waals surface area contributed by atoms with Gasteiger partial charge in [0.05, 0.1) is 15.9 Å². The van der Waals surface area contributed by atoms with Crippen molar-refractivity contribution in [3.05, 3.63) is 45.4 Å². The zero-order valence-electron chi connectivity index (χ0n) is 10.6. The molecule has 1 heterocycles. The molecule has 0 fully saturated rings. The molecule has 0 aliphatic carbocycles. The monoisotopic (exact) mass is 346 g/mol. The normalized spacial score (nSPS) is 10.8. The summed E-state index contributed by atoms with van der Waals surface area (Å²) in [5, 5.41) is 4.25. The number of hydrogen-bond acceptors (Lipinski definition) is 2. The highest BCUT2D eigenvalue weighted by molar-refractivity contribution is 9.10. The van der Waals surface area contributed by atoms with Crippen LogP contribution >= 0.6 is 27.5 Å². The van der Waals surface area contributed by atoms with Crippen molar-refractivity contribution in [2.24, 2.45) is 7.05 Å². The fourth-order valence-electron chi connectivity index (χ4n) is 1.73. The van der Waals surface area contributed by atoms with Gasteiger partial charge in [-0.05, 0) is 40.5 Å². The lowest BCUT2D eigenvalue weighted by molar-refractivity contribution is 0.279. The van der Waals surface area contributed by atoms with Gasteiger partial charge in [0.25, 0.3) is 0 Å². The Bertz CT molecular complexity index is 601. The third-order valence-electron chi connectivity index (χ3n) is 2.78. The van der Waals surface area contributed by atoms with Crippen LogP contribution in [0.25, 0.3) is 0 Å². The Hall–Kier alpha value is -1.07. The number of rotatable bonds is 4. The van der Waals surface area contributed by atoms with Crippen molar-refractivity contribution in [1.82, 2.24) is 9.78 Å². The molecule has 1 aromatic carbocycles. The third kappa shape index (κ3) is 3.09. The molecule has 2 aromatic rings. The summed E-state index contributed by atoms with van der Waals surface area (Å²) in [6.45, 7) is 2.14. The summed E-state index contributed by atoms with van der Waals surface area (Å²) in [6, 6.07) is 4.71. The summed E-state index contributed by atoms with van der Waals surface area (Å²) in [5.74, 6) is 0.0803. The van der Waals surface area contributed by atoms with Gasteiger partial charge in [-0.1, -0.05) is 6.07 Å².